The van der Waals surface area contributed by atoms with E-state index in [1.807, 2.05) is 27.7 Å². The molecule has 1 saturated heterocycles. The van der Waals surface area contributed by atoms with E-state index in [-0.39, 0.29) is 11.8 Å². The molecule has 0 aromatic heterocycles. The zero-order valence-corrected chi connectivity index (χ0v) is 12.9. The third-order valence-electron chi connectivity index (χ3n) is 3.95. The molecule has 5 nitrogen and oxygen atoms in total. The highest BCUT2D eigenvalue weighted by Crippen LogP contribution is 2.29. The molecule has 110 valence electrons. The van der Waals surface area contributed by atoms with Crippen molar-refractivity contribution in [1.82, 2.24) is 10.2 Å². The Bertz CT molecular complexity index is 368. The van der Waals surface area contributed by atoms with Gasteiger partial charge in [-0.05, 0) is 33.6 Å². The Morgan fingerprint density at radius 2 is 1.95 bits per heavy atom. The maximum atomic E-state index is 12.8. The number of hydrogen-bond donors (Lipinski definition) is 1. The molecule has 1 rings (SSSR count). The minimum Gasteiger partial charge on any atom is -0.382 e. The molecule has 2 amide bonds. The molecule has 0 aliphatic carbocycles. The maximum Gasteiger partial charge on any atom is 0.249 e. The predicted molar refractivity (Wildman–Crippen MR) is 73.7 cm³/mol. The summed E-state index contributed by atoms with van der Waals surface area (Å²) < 4.78 is 5.21. The Hall–Kier alpha value is -1.10. The summed E-state index contributed by atoms with van der Waals surface area (Å²) in [5.41, 5.74) is -1.31. The van der Waals surface area contributed by atoms with Crippen molar-refractivity contribution < 1.29 is 14.3 Å². The number of hydrogen-bond acceptors (Lipinski definition) is 3. The third kappa shape index (κ3) is 2.76. The van der Waals surface area contributed by atoms with Crippen LogP contribution in [0, 0.1) is 0 Å². The highest BCUT2D eigenvalue weighted by atomic mass is 16.5. The average Bonchev–Trinajstić information content (AvgIpc) is 2.32. The molecule has 1 fully saturated rings. The summed E-state index contributed by atoms with van der Waals surface area (Å²) in [4.78, 5) is 26.7. The van der Waals surface area contributed by atoms with E-state index >= 15 is 0 Å². The number of rotatable bonds is 5. The zero-order chi connectivity index (χ0) is 14.8. The van der Waals surface area contributed by atoms with Gasteiger partial charge < -0.3 is 15.0 Å². The molecule has 0 saturated carbocycles. The first kappa shape index (κ1) is 16.0. The van der Waals surface area contributed by atoms with Crippen LogP contribution in [0.15, 0.2) is 0 Å². The van der Waals surface area contributed by atoms with Crippen molar-refractivity contribution in [2.45, 2.75) is 64.6 Å². The Morgan fingerprint density at radius 3 is 2.37 bits per heavy atom. The molecule has 5 heteroatoms. The normalized spacial score (nSPS) is 28.5. The second-order valence-corrected chi connectivity index (χ2v) is 6.02. The molecule has 0 radical (unpaired) electrons. The summed E-state index contributed by atoms with van der Waals surface area (Å²) in [7, 11) is 1.61. The van der Waals surface area contributed by atoms with Gasteiger partial charge in [0.1, 0.15) is 11.6 Å². The van der Waals surface area contributed by atoms with Gasteiger partial charge in [0.05, 0.1) is 12.1 Å². The molecule has 0 aromatic carbocycles. The molecule has 1 aliphatic heterocycles. The Kier molecular flexibility index (Phi) is 4.61. The first-order valence-corrected chi connectivity index (χ1v) is 6.88. The standard InChI is InChI=1S/C14H26N2O3/c1-7-10-11(17)15-14(5,8-2)12(18)16(10)13(3,4)9-19-6/h10H,7-9H2,1-6H3,(H,15,17). The molecule has 0 aromatic rings. The van der Waals surface area contributed by atoms with Crippen LogP contribution in [0.5, 0.6) is 0 Å². The topological polar surface area (TPSA) is 58.6 Å². The summed E-state index contributed by atoms with van der Waals surface area (Å²) in [6.45, 7) is 9.89. The number of carbonyl (C=O) groups is 2. The van der Waals surface area contributed by atoms with E-state index in [1.54, 1.807) is 18.9 Å². The number of nitrogens with zero attached hydrogens (tertiary/aromatic N) is 1. The van der Waals surface area contributed by atoms with Crippen LogP contribution in [0.3, 0.4) is 0 Å². The van der Waals surface area contributed by atoms with E-state index in [0.29, 0.717) is 19.4 Å². The van der Waals surface area contributed by atoms with E-state index in [4.69, 9.17) is 4.74 Å². The van der Waals surface area contributed by atoms with Crippen molar-refractivity contribution in [3.63, 3.8) is 0 Å². The van der Waals surface area contributed by atoms with Gasteiger partial charge >= 0.3 is 0 Å². The molecular weight excluding hydrogens is 244 g/mol. The molecule has 2 atom stereocenters. The van der Waals surface area contributed by atoms with Gasteiger partial charge in [0.2, 0.25) is 11.8 Å². The Balaban J connectivity index is 3.20. The van der Waals surface area contributed by atoms with Crippen molar-refractivity contribution >= 4 is 11.8 Å². The smallest absolute Gasteiger partial charge is 0.249 e. The first-order valence-electron chi connectivity index (χ1n) is 6.88. The predicted octanol–water partition coefficient (Wildman–Crippen LogP) is 1.32. The lowest BCUT2D eigenvalue weighted by molar-refractivity contribution is -0.163. The van der Waals surface area contributed by atoms with Gasteiger partial charge in [-0.1, -0.05) is 13.8 Å². The van der Waals surface area contributed by atoms with Crippen LogP contribution in [0.25, 0.3) is 0 Å². The number of amides is 2. The summed E-state index contributed by atoms with van der Waals surface area (Å²) in [5.74, 6) is -0.0980. The van der Waals surface area contributed by atoms with Crippen molar-refractivity contribution in [3.05, 3.63) is 0 Å². The molecule has 19 heavy (non-hydrogen) atoms. The van der Waals surface area contributed by atoms with Crippen molar-refractivity contribution in [1.29, 1.82) is 0 Å². The van der Waals surface area contributed by atoms with Crippen LogP contribution in [-0.4, -0.2) is 47.6 Å². The Labute approximate surface area is 115 Å². The van der Waals surface area contributed by atoms with Crippen LogP contribution < -0.4 is 5.32 Å². The second-order valence-electron chi connectivity index (χ2n) is 6.02. The zero-order valence-electron chi connectivity index (χ0n) is 12.9. The summed E-state index contributed by atoms with van der Waals surface area (Å²) in [6, 6.07) is -0.419. The lowest BCUT2D eigenvalue weighted by Crippen LogP contribution is -2.73. The van der Waals surface area contributed by atoms with Crippen LogP contribution in [0.2, 0.25) is 0 Å². The number of ether oxygens (including phenoxy) is 1. The fourth-order valence-corrected chi connectivity index (χ4v) is 2.66. The highest BCUT2D eigenvalue weighted by Gasteiger charge is 2.51. The van der Waals surface area contributed by atoms with Gasteiger partial charge in [-0.3, -0.25) is 9.59 Å². The number of piperazine rings is 1. The van der Waals surface area contributed by atoms with Gasteiger partial charge in [-0.25, -0.2) is 0 Å². The summed E-state index contributed by atoms with van der Waals surface area (Å²) in [6.07, 6.45) is 1.18. The van der Waals surface area contributed by atoms with E-state index < -0.39 is 17.1 Å². The molecule has 2 unspecified atom stereocenters. The highest BCUT2D eigenvalue weighted by molar-refractivity contribution is 6.00. The van der Waals surface area contributed by atoms with E-state index in [9.17, 15) is 9.59 Å². The molecule has 0 spiro atoms. The van der Waals surface area contributed by atoms with Gasteiger partial charge in [0, 0.05) is 7.11 Å². The SMILES string of the molecule is CCC1C(=O)NC(C)(CC)C(=O)N1C(C)(C)COC. The van der Waals surface area contributed by atoms with Crippen molar-refractivity contribution in [2.24, 2.45) is 0 Å². The van der Waals surface area contributed by atoms with Gasteiger partial charge in [0.25, 0.3) is 0 Å². The van der Waals surface area contributed by atoms with Crippen LogP contribution >= 0.6 is 0 Å². The van der Waals surface area contributed by atoms with Crippen molar-refractivity contribution in [2.75, 3.05) is 13.7 Å². The molecule has 0 bridgehead atoms. The minimum atomic E-state index is -0.812. The average molecular weight is 270 g/mol. The molecule has 1 aliphatic rings. The lowest BCUT2D eigenvalue weighted by Gasteiger charge is -2.50. The third-order valence-corrected chi connectivity index (χ3v) is 3.95. The first-order chi connectivity index (χ1) is 8.73. The number of nitrogens with one attached hydrogen (secondary N) is 1. The fourth-order valence-electron chi connectivity index (χ4n) is 2.66. The molecule has 1 heterocycles. The molecular formula is C14H26N2O3. The van der Waals surface area contributed by atoms with E-state index in [0.717, 1.165) is 0 Å². The van der Waals surface area contributed by atoms with Crippen molar-refractivity contribution in [3.8, 4) is 0 Å². The quantitative estimate of drug-likeness (QED) is 0.819. The number of methoxy groups -OCH3 is 1. The van der Waals surface area contributed by atoms with Gasteiger partial charge in [0.15, 0.2) is 0 Å². The minimum absolute atomic E-state index is 0.0245. The largest absolute Gasteiger partial charge is 0.382 e. The van der Waals surface area contributed by atoms with E-state index in [1.165, 1.54) is 0 Å². The van der Waals surface area contributed by atoms with Gasteiger partial charge in [-0.2, -0.15) is 0 Å². The van der Waals surface area contributed by atoms with E-state index in [2.05, 4.69) is 5.32 Å². The molecule has 1 N–H and O–H groups in total. The number of carbonyl (C=O) groups excluding carboxylic acids is 2. The summed E-state index contributed by atoms with van der Waals surface area (Å²) in [5, 5.41) is 2.87. The lowest BCUT2D eigenvalue weighted by atomic mass is 9.87. The summed E-state index contributed by atoms with van der Waals surface area (Å²) >= 11 is 0. The van der Waals surface area contributed by atoms with Crippen LogP contribution in [0.4, 0.5) is 0 Å². The van der Waals surface area contributed by atoms with Gasteiger partial charge in [-0.15, -0.1) is 0 Å². The monoisotopic (exact) mass is 270 g/mol. The van der Waals surface area contributed by atoms with Crippen LogP contribution in [0.1, 0.15) is 47.5 Å². The maximum absolute atomic E-state index is 12.8. The second kappa shape index (κ2) is 5.49. The fraction of sp³-hybridized carbons (Fsp3) is 0.857. The van der Waals surface area contributed by atoms with Crippen LogP contribution in [-0.2, 0) is 14.3 Å². The Morgan fingerprint density at radius 1 is 1.37 bits per heavy atom.